The topological polar surface area (TPSA) is 36.7 Å². The number of amides is 1. The first-order chi connectivity index (χ1) is 11.6. The van der Waals surface area contributed by atoms with E-state index in [2.05, 4.69) is 4.90 Å². The molecule has 1 spiro atoms. The van der Waals surface area contributed by atoms with E-state index in [0.29, 0.717) is 6.54 Å². The maximum atomic E-state index is 13.3. The quantitative estimate of drug-likeness (QED) is 0.865. The molecule has 2 aromatic rings. The Morgan fingerprint density at radius 2 is 2.00 bits per heavy atom. The molecule has 1 aromatic carbocycles. The fraction of sp³-hybridized carbons (Fsp3) is 0.421. The van der Waals surface area contributed by atoms with E-state index in [0.717, 1.165) is 50.3 Å². The van der Waals surface area contributed by atoms with E-state index in [4.69, 9.17) is 4.42 Å². The van der Waals surface area contributed by atoms with Gasteiger partial charge in [0.2, 0.25) is 5.91 Å². The Morgan fingerprint density at radius 1 is 1.12 bits per heavy atom. The van der Waals surface area contributed by atoms with Gasteiger partial charge in [-0.1, -0.05) is 12.1 Å². The van der Waals surface area contributed by atoms with Crippen LogP contribution in [0.5, 0.6) is 0 Å². The number of nitrogens with zero attached hydrogens (tertiary/aromatic N) is 2. The van der Waals surface area contributed by atoms with Crippen molar-refractivity contribution in [2.45, 2.75) is 25.9 Å². The summed E-state index contributed by atoms with van der Waals surface area (Å²) in [5.74, 6) is 0.905. The highest BCUT2D eigenvalue weighted by atomic mass is 19.1. The summed E-state index contributed by atoms with van der Waals surface area (Å²) < 4.78 is 18.8. The first-order valence-corrected chi connectivity index (χ1v) is 8.43. The summed E-state index contributed by atoms with van der Waals surface area (Å²) in [5.41, 5.74) is 0.589. The number of furan rings is 1. The lowest BCUT2D eigenvalue weighted by molar-refractivity contribution is -0.136. The van der Waals surface area contributed by atoms with Crippen LogP contribution in [0.2, 0.25) is 0 Å². The predicted molar refractivity (Wildman–Crippen MR) is 87.5 cm³/mol. The molecule has 2 aliphatic rings. The highest BCUT2D eigenvalue weighted by Gasteiger charge is 2.50. The van der Waals surface area contributed by atoms with Crippen LogP contribution in [0.25, 0.3) is 0 Å². The Labute approximate surface area is 140 Å². The lowest BCUT2D eigenvalue weighted by atomic mass is 9.85. The molecule has 2 fully saturated rings. The van der Waals surface area contributed by atoms with E-state index in [1.54, 1.807) is 12.3 Å². The van der Waals surface area contributed by atoms with Crippen molar-refractivity contribution in [1.29, 1.82) is 0 Å². The average Bonchev–Trinajstić information content (AvgIpc) is 3.27. The minimum atomic E-state index is -0.264. The molecule has 0 N–H and O–H groups in total. The molecule has 0 unspecified atom stereocenters. The molecule has 0 saturated carbocycles. The van der Waals surface area contributed by atoms with Gasteiger partial charge in [0.15, 0.2) is 0 Å². The molecule has 4 rings (SSSR count). The smallest absolute Gasteiger partial charge is 0.230 e. The minimum absolute atomic E-state index is 0.216. The fourth-order valence-electron chi connectivity index (χ4n) is 3.99. The van der Waals surface area contributed by atoms with Gasteiger partial charge in [0.25, 0.3) is 0 Å². The van der Waals surface area contributed by atoms with Crippen LogP contribution in [0.15, 0.2) is 47.1 Å². The number of benzene rings is 1. The van der Waals surface area contributed by atoms with E-state index in [9.17, 15) is 9.18 Å². The number of hydrogen-bond donors (Lipinski definition) is 0. The fourth-order valence-corrected chi connectivity index (χ4v) is 3.99. The van der Waals surface area contributed by atoms with Crippen molar-refractivity contribution in [2.24, 2.45) is 5.41 Å². The van der Waals surface area contributed by atoms with Gasteiger partial charge >= 0.3 is 0 Å². The molecular weight excluding hydrogens is 307 g/mol. The third kappa shape index (κ3) is 2.84. The largest absolute Gasteiger partial charge is 0.468 e. The minimum Gasteiger partial charge on any atom is -0.468 e. The van der Waals surface area contributed by atoms with E-state index < -0.39 is 0 Å². The van der Waals surface area contributed by atoms with Crippen molar-refractivity contribution in [3.63, 3.8) is 0 Å². The molecule has 24 heavy (non-hydrogen) atoms. The molecule has 1 aromatic heterocycles. The van der Waals surface area contributed by atoms with Crippen LogP contribution < -0.4 is 0 Å². The van der Waals surface area contributed by atoms with Gasteiger partial charge in [-0.15, -0.1) is 0 Å². The summed E-state index contributed by atoms with van der Waals surface area (Å²) in [7, 11) is 0. The van der Waals surface area contributed by atoms with E-state index in [1.807, 2.05) is 23.1 Å². The highest BCUT2D eigenvalue weighted by molar-refractivity contribution is 5.85. The summed E-state index contributed by atoms with van der Waals surface area (Å²) in [6.45, 7) is 3.71. The normalized spacial score (nSPS) is 24.4. The average molecular weight is 328 g/mol. The summed E-state index contributed by atoms with van der Waals surface area (Å²) >= 11 is 0. The Morgan fingerprint density at radius 3 is 2.79 bits per heavy atom. The van der Waals surface area contributed by atoms with Crippen LogP contribution in [0.3, 0.4) is 0 Å². The molecule has 0 radical (unpaired) electrons. The van der Waals surface area contributed by atoms with Gasteiger partial charge in [-0.05, 0) is 49.2 Å². The summed E-state index contributed by atoms with van der Waals surface area (Å²) in [5, 5.41) is 0. The Kier molecular flexibility index (Phi) is 3.88. The second-order valence-corrected chi connectivity index (χ2v) is 6.93. The summed E-state index contributed by atoms with van der Waals surface area (Å²) in [6.07, 6.45) is 3.46. The van der Waals surface area contributed by atoms with E-state index in [1.165, 1.54) is 12.1 Å². The third-order valence-corrected chi connectivity index (χ3v) is 5.26. The van der Waals surface area contributed by atoms with Crippen LogP contribution >= 0.6 is 0 Å². The molecule has 2 saturated heterocycles. The second-order valence-electron chi connectivity index (χ2n) is 6.93. The molecule has 4 nitrogen and oxygen atoms in total. The molecule has 3 heterocycles. The van der Waals surface area contributed by atoms with Gasteiger partial charge in [-0.2, -0.15) is 0 Å². The van der Waals surface area contributed by atoms with Crippen LogP contribution in [0.1, 0.15) is 24.2 Å². The monoisotopic (exact) mass is 328 g/mol. The lowest BCUT2D eigenvalue weighted by Gasteiger charge is -2.23. The molecule has 126 valence electrons. The lowest BCUT2D eigenvalue weighted by Crippen LogP contribution is -2.36. The zero-order valence-electron chi connectivity index (χ0n) is 13.6. The summed E-state index contributed by atoms with van der Waals surface area (Å²) in [4.78, 5) is 17.1. The Balaban J connectivity index is 1.41. The van der Waals surface area contributed by atoms with Gasteiger partial charge in [0.05, 0.1) is 18.2 Å². The van der Waals surface area contributed by atoms with Gasteiger partial charge < -0.3 is 9.32 Å². The van der Waals surface area contributed by atoms with Crippen molar-refractivity contribution in [3.05, 3.63) is 59.8 Å². The Bertz CT molecular complexity index is 731. The van der Waals surface area contributed by atoms with E-state index in [-0.39, 0.29) is 17.1 Å². The zero-order valence-corrected chi connectivity index (χ0v) is 13.6. The molecular formula is C19H21FN2O2. The zero-order chi connectivity index (χ0) is 16.6. The molecule has 5 heteroatoms. The summed E-state index contributed by atoms with van der Waals surface area (Å²) in [6, 6.07) is 10.4. The van der Waals surface area contributed by atoms with Crippen LogP contribution in [-0.2, 0) is 17.9 Å². The molecule has 2 aliphatic heterocycles. The van der Waals surface area contributed by atoms with Gasteiger partial charge in [0, 0.05) is 19.6 Å². The number of likely N-dealkylation sites (tertiary alicyclic amines) is 2. The first kappa shape index (κ1) is 15.4. The molecule has 1 atom stereocenters. The van der Waals surface area contributed by atoms with Gasteiger partial charge in [-0.25, -0.2) is 4.39 Å². The standard InChI is InChI=1S/C19H21FN2O2/c20-16-4-1-3-15(11-16)12-22-9-7-19(18(22)23)6-8-21(14-19)13-17-5-2-10-24-17/h1-5,10-11H,6-9,12-14H2/t19-/m1/s1. The van der Waals surface area contributed by atoms with E-state index >= 15 is 0 Å². The van der Waals surface area contributed by atoms with Crippen molar-refractivity contribution in [3.8, 4) is 0 Å². The van der Waals surface area contributed by atoms with Crippen molar-refractivity contribution in [1.82, 2.24) is 9.80 Å². The van der Waals surface area contributed by atoms with Crippen LogP contribution in [-0.4, -0.2) is 35.3 Å². The molecule has 0 bridgehead atoms. The Hall–Kier alpha value is -2.14. The highest BCUT2D eigenvalue weighted by Crippen LogP contribution is 2.41. The SMILES string of the molecule is O=C1N(Cc2cccc(F)c2)CC[C@@]12CCN(Cc1ccco1)C2. The van der Waals surface area contributed by atoms with Crippen LogP contribution in [0.4, 0.5) is 4.39 Å². The van der Waals surface area contributed by atoms with Crippen molar-refractivity contribution >= 4 is 5.91 Å². The van der Waals surface area contributed by atoms with Crippen molar-refractivity contribution < 1.29 is 13.6 Å². The maximum absolute atomic E-state index is 13.3. The van der Waals surface area contributed by atoms with Gasteiger partial charge in [0.1, 0.15) is 11.6 Å². The number of hydrogen-bond acceptors (Lipinski definition) is 3. The number of halogens is 1. The molecule has 0 aliphatic carbocycles. The maximum Gasteiger partial charge on any atom is 0.230 e. The first-order valence-electron chi connectivity index (χ1n) is 8.43. The van der Waals surface area contributed by atoms with Gasteiger partial charge in [-0.3, -0.25) is 9.69 Å². The second kappa shape index (κ2) is 6.06. The number of carbonyl (C=O) groups excluding carboxylic acids is 1. The third-order valence-electron chi connectivity index (χ3n) is 5.26. The predicted octanol–water partition coefficient (Wildman–Crippen LogP) is 3.04. The number of carbonyl (C=O) groups is 1. The molecule has 1 amide bonds. The van der Waals surface area contributed by atoms with Crippen molar-refractivity contribution in [2.75, 3.05) is 19.6 Å². The van der Waals surface area contributed by atoms with Crippen LogP contribution in [0, 0.1) is 11.2 Å². The number of rotatable bonds is 4.